The van der Waals surface area contributed by atoms with Gasteiger partial charge in [0.15, 0.2) is 0 Å². The summed E-state index contributed by atoms with van der Waals surface area (Å²) in [6.07, 6.45) is 0.0231. The van der Waals surface area contributed by atoms with E-state index < -0.39 is 0 Å². The molecule has 2 nitrogen and oxygen atoms in total. The summed E-state index contributed by atoms with van der Waals surface area (Å²) in [7, 11) is 0. The van der Waals surface area contributed by atoms with E-state index in [1.165, 1.54) is 0 Å². The Kier molecular flexibility index (Phi) is 4.72. The Bertz CT molecular complexity index is 61.9. The van der Waals surface area contributed by atoms with Crippen molar-refractivity contribution in [2.24, 2.45) is 5.92 Å². The lowest BCUT2D eigenvalue weighted by Gasteiger charge is -2.17. The van der Waals surface area contributed by atoms with Gasteiger partial charge in [-0.25, -0.2) is 0 Å². The quantitative estimate of drug-likeness (QED) is 0.619. The summed E-state index contributed by atoms with van der Waals surface area (Å²) in [5.74, 6) is 0.412. The van der Waals surface area contributed by atoms with Crippen LogP contribution in [0.5, 0.6) is 0 Å². The molecule has 0 saturated heterocycles. The Morgan fingerprint density at radius 3 is 2.11 bits per heavy atom. The number of ether oxygens (including phenoxy) is 1. The monoisotopic (exact) mass is 132 g/mol. The van der Waals surface area contributed by atoms with E-state index in [9.17, 15) is 0 Å². The van der Waals surface area contributed by atoms with E-state index in [1.807, 2.05) is 20.8 Å². The highest BCUT2D eigenvalue weighted by Gasteiger charge is 2.10. The van der Waals surface area contributed by atoms with Gasteiger partial charge in [0.1, 0.15) is 0 Å². The van der Waals surface area contributed by atoms with Crippen LogP contribution in [0.3, 0.4) is 0 Å². The van der Waals surface area contributed by atoms with Crippen LogP contribution >= 0.6 is 0 Å². The largest absolute Gasteiger partial charge is 0.394 e. The third-order valence-corrected chi connectivity index (χ3v) is 1.30. The molecule has 1 N–H and O–H groups in total. The van der Waals surface area contributed by atoms with Crippen molar-refractivity contribution in [2.75, 3.05) is 13.2 Å². The summed E-state index contributed by atoms with van der Waals surface area (Å²) in [6, 6.07) is 0. The minimum atomic E-state index is 0.0231. The molecule has 0 rings (SSSR count). The zero-order valence-corrected chi connectivity index (χ0v) is 6.42. The highest BCUT2D eigenvalue weighted by Crippen LogP contribution is 2.04. The van der Waals surface area contributed by atoms with Crippen LogP contribution in [-0.4, -0.2) is 24.4 Å². The van der Waals surface area contributed by atoms with Gasteiger partial charge in [0.2, 0.25) is 0 Å². The van der Waals surface area contributed by atoms with Gasteiger partial charge in [-0.15, -0.1) is 0 Å². The van der Waals surface area contributed by atoms with Crippen LogP contribution in [-0.2, 0) is 4.74 Å². The molecule has 1 atom stereocenters. The molecule has 0 radical (unpaired) electrons. The number of aliphatic hydroxyl groups is 1. The summed E-state index contributed by atoms with van der Waals surface area (Å²) in [6.45, 7) is 6.83. The van der Waals surface area contributed by atoms with Gasteiger partial charge in [-0.3, -0.25) is 0 Å². The average molecular weight is 132 g/mol. The van der Waals surface area contributed by atoms with Crippen molar-refractivity contribution in [2.45, 2.75) is 26.9 Å². The van der Waals surface area contributed by atoms with E-state index in [-0.39, 0.29) is 12.7 Å². The molecule has 0 fully saturated rings. The molecule has 0 spiro atoms. The molecule has 0 aliphatic carbocycles. The van der Waals surface area contributed by atoms with Crippen molar-refractivity contribution in [3.8, 4) is 0 Å². The molecule has 0 aromatic rings. The maximum Gasteiger partial charge on any atom is 0.0828 e. The number of rotatable bonds is 4. The van der Waals surface area contributed by atoms with Gasteiger partial charge in [-0.1, -0.05) is 13.8 Å². The lowest BCUT2D eigenvalue weighted by Crippen LogP contribution is -2.23. The first-order chi connectivity index (χ1) is 4.22. The fraction of sp³-hybridized carbons (Fsp3) is 1.00. The highest BCUT2D eigenvalue weighted by atomic mass is 16.5. The smallest absolute Gasteiger partial charge is 0.0828 e. The van der Waals surface area contributed by atoms with Crippen LogP contribution in [0.25, 0.3) is 0 Å². The Labute approximate surface area is 56.8 Å². The second-order valence-corrected chi connectivity index (χ2v) is 2.42. The molecular weight excluding hydrogens is 116 g/mol. The van der Waals surface area contributed by atoms with Crippen LogP contribution < -0.4 is 0 Å². The molecule has 0 amide bonds. The van der Waals surface area contributed by atoms with Crippen LogP contribution in [0.15, 0.2) is 0 Å². The lowest BCUT2D eigenvalue weighted by molar-refractivity contribution is -0.00792. The molecule has 0 aromatic heterocycles. The van der Waals surface area contributed by atoms with Crippen molar-refractivity contribution < 1.29 is 9.84 Å². The van der Waals surface area contributed by atoms with Gasteiger partial charge in [-0.2, -0.15) is 0 Å². The topological polar surface area (TPSA) is 29.5 Å². The zero-order chi connectivity index (χ0) is 7.28. The van der Waals surface area contributed by atoms with Gasteiger partial charge in [0, 0.05) is 6.61 Å². The summed E-state index contributed by atoms with van der Waals surface area (Å²) in [5.41, 5.74) is 0. The van der Waals surface area contributed by atoms with E-state index in [4.69, 9.17) is 9.84 Å². The summed E-state index contributed by atoms with van der Waals surface area (Å²) in [4.78, 5) is 0. The zero-order valence-electron chi connectivity index (χ0n) is 6.42. The second kappa shape index (κ2) is 4.77. The first-order valence-electron chi connectivity index (χ1n) is 3.44. The molecule has 9 heavy (non-hydrogen) atoms. The molecule has 0 aliphatic rings. The molecule has 0 heterocycles. The second-order valence-electron chi connectivity index (χ2n) is 2.42. The normalized spacial score (nSPS) is 14.3. The fourth-order valence-electron chi connectivity index (χ4n) is 0.670. The van der Waals surface area contributed by atoms with Gasteiger partial charge in [0.25, 0.3) is 0 Å². The van der Waals surface area contributed by atoms with Crippen molar-refractivity contribution in [3.63, 3.8) is 0 Å². The fourth-order valence-corrected chi connectivity index (χ4v) is 0.670. The number of hydrogen-bond acceptors (Lipinski definition) is 2. The van der Waals surface area contributed by atoms with E-state index in [1.54, 1.807) is 0 Å². The van der Waals surface area contributed by atoms with Gasteiger partial charge in [-0.05, 0) is 12.8 Å². The van der Waals surface area contributed by atoms with E-state index in [2.05, 4.69) is 0 Å². The standard InChI is InChI=1S/C7H16O2/c1-4-9-7(5-8)6(2)3/h6-8H,4-5H2,1-3H3. The van der Waals surface area contributed by atoms with Crippen LogP contribution in [0, 0.1) is 5.92 Å². The summed E-state index contributed by atoms with van der Waals surface area (Å²) < 4.78 is 5.20. The maximum absolute atomic E-state index is 8.70. The number of aliphatic hydroxyl groups excluding tert-OH is 1. The van der Waals surface area contributed by atoms with E-state index >= 15 is 0 Å². The predicted molar refractivity (Wildman–Crippen MR) is 37.3 cm³/mol. The molecule has 2 heteroatoms. The summed E-state index contributed by atoms with van der Waals surface area (Å²) in [5, 5.41) is 8.70. The van der Waals surface area contributed by atoms with Crippen molar-refractivity contribution >= 4 is 0 Å². The molecule has 0 aromatic carbocycles. The first kappa shape index (κ1) is 8.92. The molecule has 0 bridgehead atoms. The SMILES string of the molecule is CCOC(CO)C(C)C. The molecule has 0 saturated carbocycles. The Morgan fingerprint density at radius 1 is 1.44 bits per heavy atom. The minimum Gasteiger partial charge on any atom is -0.394 e. The Morgan fingerprint density at radius 2 is 2.00 bits per heavy atom. The van der Waals surface area contributed by atoms with Crippen molar-refractivity contribution in [1.82, 2.24) is 0 Å². The first-order valence-corrected chi connectivity index (χ1v) is 3.44. The molecule has 1 unspecified atom stereocenters. The van der Waals surface area contributed by atoms with Crippen LogP contribution in [0.4, 0.5) is 0 Å². The third-order valence-electron chi connectivity index (χ3n) is 1.30. The van der Waals surface area contributed by atoms with Crippen molar-refractivity contribution in [3.05, 3.63) is 0 Å². The molecule has 56 valence electrons. The van der Waals surface area contributed by atoms with E-state index in [0.29, 0.717) is 12.5 Å². The molecule has 0 aliphatic heterocycles. The summed E-state index contributed by atoms with van der Waals surface area (Å²) >= 11 is 0. The van der Waals surface area contributed by atoms with E-state index in [0.717, 1.165) is 0 Å². The van der Waals surface area contributed by atoms with Gasteiger partial charge >= 0.3 is 0 Å². The predicted octanol–water partition coefficient (Wildman–Crippen LogP) is 1.04. The Hall–Kier alpha value is -0.0800. The van der Waals surface area contributed by atoms with Crippen LogP contribution in [0.1, 0.15) is 20.8 Å². The average Bonchev–Trinajstić information content (AvgIpc) is 1.82. The third kappa shape index (κ3) is 3.49. The molecular formula is C7H16O2. The number of hydrogen-bond donors (Lipinski definition) is 1. The lowest BCUT2D eigenvalue weighted by atomic mass is 10.1. The van der Waals surface area contributed by atoms with Gasteiger partial charge < -0.3 is 9.84 Å². The van der Waals surface area contributed by atoms with Crippen LogP contribution in [0.2, 0.25) is 0 Å². The van der Waals surface area contributed by atoms with Crippen molar-refractivity contribution in [1.29, 1.82) is 0 Å². The minimum absolute atomic E-state index is 0.0231. The maximum atomic E-state index is 8.70. The Balaban J connectivity index is 3.41. The highest BCUT2D eigenvalue weighted by molar-refractivity contribution is 4.58. The van der Waals surface area contributed by atoms with Gasteiger partial charge in [0.05, 0.1) is 12.7 Å².